The second kappa shape index (κ2) is 4.70. The fourth-order valence-corrected chi connectivity index (χ4v) is 3.99. The molecule has 0 radical (unpaired) electrons. The molecule has 1 amide bonds. The van der Waals surface area contributed by atoms with Crippen LogP contribution >= 0.6 is 11.3 Å². The third-order valence-corrected chi connectivity index (χ3v) is 5.22. The number of benzene rings is 1. The van der Waals surface area contributed by atoms with E-state index < -0.39 is 0 Å². The predicted molar refractivity (Wildman–Crippen MR) is 83.6 cm³/mol. The van der Waals surface area contributed by atoms with Gasteiger partial charge in [-0.25, -0.2) is 0 Å². The third kappa shape index (κ3) is 1.96. The fraction of sp³-hybridized carbons (Fsp3) is 0.250. The van der Waals surface area contributed by atoms with Gasteiger partial charge in [-0.1, -0.05) is 6.07 Å². The van der Waals surface area contributed by atoms with Crippen LogP contribution in [0.5, 0.6) is 0 Å². The zero-order valence-electron chi connectivity index (χ0n) is 11.7. The van der Waals surface area contributed by atoms with E-state index in [-0.39, 0.29) is 11.9 Å². The quantitative estimate of drug-likeness (QED) is 0.748. The largest absolute Gasteiger partial charge is 0.331 e. The Labute approximate surface area is 126 Å². The van der Waals surface area contributed by atoms with Gasteiger partial charge in [-0.3, -0.25) is 9.89 Å². The minimum absolute atomic E-state index is 0.0934. The zero-order valence-corrected chi connectivity index (χ0v) is 12.5. The zero-order chi connectivity index (χ0) is 14.4. The summed E-state index contributed by atoms with van der Waals surface area (Å²) in [5.41, 5.74) is 2.92. The minimum atomic E-state index is 0.0934. The SMILES string of the molecule is CC1c2ccsc2CCN1C(=O)c1ccc2cn[nH]c2c1. The van der Waals surface area contributed by atoms with Gasteiger partial charge in [0.05, 0.1) is 17.8 Å². The average molecular weight is 297 g/mol. The molecule has 0 spiro atoms. The first-order valence-electron chi connectivity index (χ1n) is 7.04. The highest BCUT2D eigenvalue weighted by Crippen LogP contribution is 2.33. The van der Waals surface area contributed by atoms with Gasteiger partial charge in [0.25, 0.3) is 5.91 Å². The molecular weight excluding hydrogens is 282 g/mol. The van der Waals surface area contributed by atoms with E-state index in [9.17, 15) is 4.79 Å². The summed E-state index contributed by atoms with van der Waals surface area (Å²) in [6.45, 7) is 2.89. The van der Waals surface area contributed by atoms with Crippen LogP contribution in [-0.2, 0) is 6.42 Å². The molecule has 2 aromatic heterocycles. The molecule has 1 aliphatic heterocycles. The fourth-order valence-electron chi connectivity index (χ4n) is 3.02. The highest BCUT2D eigenvalue weighted by molar-refractivity contribution is 7.10. The molecule has 0 bridgehead atoms. The molecule has 1 unspecified atom stereocenters. The molecule has 1 aliphatic rings. The molecule has 3 heterocycles. The van der Waals surface area contributed by atoms with E-state index in [0.717, 1.165) is 29.4 Å². The second-order valence-corrected chi connectivity index (χ2v) is 6.40. The minimum Gasteiger partial charge on any atom is -0.331 e. The number of aromatic nitrogens is 2. The number of H-pyrrole nitrogens is 1. The van der Waals surface area contributed by atoms with Gasteiger partial charge >= 0.3 is 0 Å². The van der Waals surface area contributed by atoms with E-state index in [1.54, 1.807) is 17.5 Å². The van der Waals surface area contributed by atoms with Gasteiger partial charge in [-0.05, 0) is 42.5 Å². The van der Waals surface area contributed by atoms with Crippen molar-refractivity contribution >= 4 is 28.1 Å². The number of hydrogen-bond acceptors (Lipinski definition) is 3. The first-order valence-corrected chi connectivity index (χ1v) is 7.92. The lowest BCUT2D eigenvalue weighted by Gasteiger charge is -2.33. The van der Waals surface area contributed by atoms with Crippen LogP contribution in [0, 0.1) is 0 Å². The molecule has 106 valence electrons. The number of thiophene rings is 1. The van der Waals surface area contributed by atoms with Gasteiger partial charge in [0.2, 0.25) is 0 Å². The summed E-state index contributed by atoms with van der Waals surface area (Å²) in [6.07, 6.45) is 2.72. The Balaban J connectivity index is 1.68. The van der Waals surface area contributed by atoms with E-state index in [2.05, 4.69) is 28.6 Å². The lowest BCUT2D eigenvalue weighted by molar-refractivity contribution is 0.0679. The Bertz CT molecular complexity index is 820. The Morgan fingerprint density at radius 1 is 1.43 bits per heavy atom. The van der Waals surface area contributed by atoms with Gasteiger partial charge in [0.1, 0.15) is 0 Å². The van der Waals surface area contributed by atoms with E-state index in [1.165, 1.54) is 10.4 Å². The number of hydrogen-bond donors (Lipinski definition) is 1. The van der Waals surface area contributed by atoms with Crippen LogP contribution < -0.4 is 0 Å². The number of carbonyl (C=O) groups excluding carboxylic acids is 1. The normalized spacial score (nSPS) is 18.0. The standard InChI is InChI=1S/C16H15N3OS/c1-10-13-5-7-21-15(13)4-6-19(10)16(20)11-2-3-12-9-17-18-14(12)8-11/h2-3,5,7-10H,4,6H2,1H3,(H,17,18). The molecule has 1 N–H and O–H groups in total. The van der Waals surface area contributed by atoms with Crippen LogP contribution in [0.1, 0.15) is 33.8 Å². The number of nitrogens with zero attached hydrogens (tertiary/aromatic N) is 2. The van der Waals surface area contributed by atoms with Crippen molar-refractivity contribution in [1.82, 2.24) is 15.1 Å². The summed E-state index contributed by atoms with van der Waals surface area (Å²) in [4.78, 5) is 16.2. The molecule has 0 fully saturated rings. The predicted octanol–water partition coefficient (Wildman–Crippen LogP) is 3.38. The highest BCUT2D eigenvalue weighted by Gasteiger charge is 2.29. The van der Waals surface area contributed by atoms with Crippen molar-refractivity contribution in [1.29, 1.82) is 0 Å². The molecule has 21 heavy (non-hydrogen) atoms. The van der Waals surface area contributed by atoms with Crippen molar-refractivity contribution in [3.05, 3.63) is 51.8 Å². The third-order valence-electron chi connectivity index (χ3n) is 4.23. The molecule has 4 nitrogen and oxygen atoms in total. The summed E-state index contributed by atoms with van der Waals surface area (Å²) in [6, 6.07) is 8.00. The van der Waals surface area contributed by atoms with Gasteiger partial charge in [0.15, 0.2) is 0 Å². The molecule has 1 aromatic carbocycles. The van der Waals surface area contributed by atoms with Crippen LogP contribution in [0.3, 0.4) is 0 Å². The highest BCUT2D eigenvalue weighted by atomic mass is 32.1. The first kappa shape index (κ1) is 12.6. The Kier molecular flexibility index (Phi) is 2.82. The van der Waals surface area contributed by atoms with Crippen molar-refractivity contribution in [2.75, 3.05) is 6.54 Å². The van der Waals surface area contributed by atoms with Crippen molar-refractivity contribution < 1.29 is 4.79 Å². The Hall–Kier alpha value is -2.14. The Morgan fingerprint density at radius 2 is 2.33 bits per heavy atom. The van der Waals surface area contributed by atoms with Gasteiger partial charge < -0.3 is 4.90 Å². The number of carbonyl (C=O) groups is 1. The maximum absolute atomic E-state index is 12.8. The van der Waals surface area contributed by atoms with Crippen LogP contribution in [0.15, 0.2) is 35.8 Å². The number of nitrogens with one attached hydrogen (secondary N) is 1. The van der Waals surface area contributed by atoms with E-state index in [1.807, 2.05) is 23.1 Å². The molecule has 1 atom stereocenters. The van der Waals surface area contributed by atoms with E-state index in [0.29, 0.717) is 0 Å². The molecule has 5 heteroatoms. The van der Waals surface area contributed by atoms with Gasteiger partial charge in [0, 0.05) is 22.4 Å². The smallest absolute Gasteiger partial charge is 0.254 e. The summed E-state index contributed by atoms with van der Waals surface area (Å²) >= 11 is 1.79. The summed E-state index contributed by atoms with van der Waals surface area (Å²) in [7, 11) is 0. The van der Waals surface area contributed by atoms with E-state index in [4.69, 9.17) is 0 Å². The molecule has 0 aliphatic carbocycles. The maximum atomic E-state index is 12.8. The van der Waals surface area contributed by atoms with Crippen LogP contribution in [0.4, 0.5) is 0 Å². The van der Waals surface area contributed by atoms with Crippen LogP contribution in [0.2, 0.25) is 0 Å². The van der Waals surface area contributed by atoms with Gasteiger partial charge in [-0.2, -0.15) is 5.10 Å². The van der Waals surface area contributed by atoms with Crippen LogP contribution in [0.25, 0.3) is 10.9 Å². The van der Waals surface area contributed by atoms with Crippen molar-refractivity contribution in [2.45, 2.75) is 19.4 Å². The maximum Gasteiger partial charge on any atom is 0.254 e. The Morgan fingerprint density at radius 3 is 3.24 bits per heavy atom. The second-order valence-electron chi connectivity index (χ2n) is 5.40. The van der Waals surface area contributed by atoms with Crippen molar-refractivity contribution in [3.63, 3.8) is 0 Å². The lowest BCUT2D eigenvalue weighted by atomic mass is 10.00. The van der Waals surface area contributed by atoms with Crippen molar-refractivity contribution in [2.24, 2.45) is 0 Å². The monoisotopic (exact) mass is 297 g/mol. The first-order chi connectivity index (χ1) is 10.2. The summed E-state index contributed by atoms with van der Waals surface area (Å²) in [5, 5.41) is 10.1. The molecule has 4 rings (SSSR count). The number of aromatic amines is 1. The van der Waals surface area contributed by atoms with Gasteiger partial charge in [-0.15, -0.1) is 11.3 Å². The lowest BCUT2D eigenvalue weighted by Crippen LogP contribution is -2.38. The molecule has 0 saturated carbocycles. The topological polar surface area (TPSA) is 49.0 Å². The molecule has 0 saturated heterocycles. The number of fused-ring (bicyclic) bond motifs is 2. The summed E-state index contributed by atoms with van der Waals surface area (Å²) in [5.74, 6) is 0.0934. The molecular formula is C16H15N3OS. The molecule has 3 aromatic rings. The number of rotatable bonds is 1. The van der Waals surface area contributed by atoms with E-state index >= 15 is 0 Å². The summed E-state index contributed by atoms with van der Waals surface area (Å²) < 4.78 is 0. The van der Waals surface area contributed by atoms with Crippen LogP contribution in [-0.4, -0.2) is 27.5 Å². The number of amides is 1. The average Bonchev–Trinajstić information content (AvgIpc) is 3.15. The van der Waals surface area contributed by atoms with Crippen molar-refractivity contribution in [3.8, 4) is 0 Å².